The fourth-order valence-electron chi connectivity index (χ4n) is 4.21. The van der Waals surface area contributed by atoms with Crippen LogP contribution in [-0.2, 0) is 30.2 Å². The van der Waals surface area contributed by atoms with Crippen molar-refractivity contribution in [2.45, 2.75) is 25.4 Å². The highest BCUT2D eigenvalue weighted by molar-refractivity contribution is 6.05. The van der Waals surface area contributed by atoms with E-state index in [9.17, 15) is 14.4 Å². The first-order valence-electron chi connectivity index (χ1n) is 9.71. The van der Waals surface area contributed by atoms with Gasteiger partial charge in [-0.3, -0.25) is 24.4 Å². The molecule has 0 spiro atoms. The number of imidazole rings is 1. The van der Waals surface area contributed by atoms with Crippen LogP contribution in [0.5, 0.6) is 0 Å². The van der Waals surface area contributed by atoms with E-state index in [0.29, 0.717) is 18.5 Å². The van der Waals surface area contributed by atoms with E-state index in [0.717, 1.165) is 28.2 Å². The van der Waals surface area contributed by atoms with Gasteiger partial charge >= 0.3 is 0 Å². The number of rotatable bonds is 3. The largest absolute Gasteiger partial charge is 0.332 e. The van der Waals surface area contributed by atoms with E-state index in [2.05, 4.69) is 15.4 Å². The van der Waals surface area contributed by atoms with E-state index >= 15 is 0 Å². The van der Waals surface area contributed by atoms with Crippen molar-refractivity contribution >= 4 is 17.7 Å². The number of amides is 3. The molecular weight excluding hydrogens is 384 g/mol. The van der Waals surface area contributed by atoms with Gasteiger partial charge in [-0.25, -0.2) is 4.98 Å². The number of aromatic nitrogens is 4. The topological polar surface area (TPSA) is 102 Å². The van der Waals surface area contributed by atoms with Crippen LogP contribution in [0.25, 0.3) is 22.6 Å². The van der Waals surface area contributed by atoms with Crippen molar-refractivity contribution in [2.75, 3.05) is 0 Å². The molecule has 1 unspecified atom stereocenters. The molecule has 3 amide bonds. The van der Waals surface area contributed by atoms with Gasteiger partial charge in [0.05, 0.1) is 17.7 Å². The first kappa shape index (κ1) is 18.3. The number of carbonyl (C=O) groups excluding carboxylic acids is 3. The minimum absolute atomic E-state index is 0.183. The number of nitrogens with one attached hydrogen (secondary N) is 1. The Kier molecular flexibility index (Phi) is 4.05. The summed E-state index contributed by atoms with van der Waals surface area (Å²) in [5, 5.41) is 6.82. The van der Waals surface area contributed by atoms with E-state index in [4.69, 9.17) is 0 Å². The molecule has 9 nitrogen and oxygen atoms in total. The van der Waals surface area contributed by atoms with Crippen molar-refractivity contribution in [3.63, 3.8) is 0 Å². The zero-order chi connectivity index (χ0) is 21.0. The van der Waals surface area contributed by atoms with Crippen molar-refractivity contribution < 1.29 is 14.4 Å². The SMILES string of the molecule is Cn1ccc(-c2c(-c3ccc4c(c3)CN(C3CCC(=O)NC3=O)C4=O)ncn2C)n1. The maximum Gasteiger partial charge on any atom is 0.255 e. The predicted molar refractivity (Wildman–Crippen MR) is 107 cm³/mol. The number of nitrogens with zero attached hydrogens (tertiary/aromatic N) is 5. The Hall–Kier alpha value is -3.75. The lowest BCUT2D eigenvalue weighted by Gasteiger charge is -2.29. The van der Waals surface area contributed by atoms with Crippen molar-refractivity contribution in [1.82, 2.24) is 29.5 Å². The summed E-state index contributed by atoms with van der Waals surface area (Å²) in [6.45, 7) is 0.333. The van der Waals surface area contributed by atoms with Crippen LogP contribution < -0.4 is 5.32 Å². The summed E-state index contributed by atoms with van der Waals surface area (Å²) in [4.78, 5) is 42.7. The number of carbonyl (C=O) groups is 3. The lowest BCUT2D eigenvalue weighted by molar-refractivity contribution is -0.136. The summed E-state index contributed by atoms with van der Waals surface area (Å²) in [6, 6.07) is 6.93. The molecule has 4 heterocycles. The molecule has 5 rings (SSSR count). The number of hydrogen-bond donors (Lipinski definition) is 1. The second-order valence-electron chi connectivity index (χ2n) is 7.70. The van der Waals surface area contributed by atoms with Crippen LogP contribution in [0.2, 0.25) is 0 Å². The van der Waals surface area contributed by atoms with Crippen LogP contribution in [0, 0.1) is 0 Å². The van der Waals surface area contributed by atoms with Gasteiger partial charge in [0.1, 0.15) is 11.7 Å². The van der Waals surface area contributed by atoms with E-state index in [1.165, 1.54) is 0 Å². The lowest BCUT2D eigenvalue weighted by Crippen LogP contribution is -2.52. The highest BCUT2D eigenvalue weighted by Crippen LogP contribution is 2.34. The molecule has 1 aromatic carbocycles. The smallest absolute Gasteiger partial charge is 0.255 e. The molecule has 0 radical (unpaired) electrons. The third-order valence-corrected chi connectivity index (χ3v) is 5.69. The van der Waals surface area contributed by atoms with Gasteiger partial charge < -0.3 is 9.47 Å². The molecule has 1 saturated heterocycles. The van der Waals surface area contributed by atoms with E-state index in [-0.39, 0.29) is 18.2 Å². The normalized spacial score (nSPS) is 18.7. The first-order valence-corrected chi connectivity index (χ1v) is 9.71. The van der Waals surface area contributed by atoms with Gasteiger partial charge in [-0.1, -0.05) is 6.07 Å². The van der Waals surface area contributed by atoms with Crippen LogP contribution >= 0.6 is 0 Å². The number of hydrogen-bond acceptors (Lipinski definition) is 5. The van der Waals surface area contributed by atoms with Crippen molar-refractivity contribution in [3.05, 3.63) is 47.9 Å². The molecule has 152 valence electrons. The standard InChI is InChI=1S/C21H20N6O3/c1-25-11-22-18(19(25)15-7-8-26(2)24-15)12-3-4-14-13(9-12)10-27(21(14)30)16-5-6-17(28)23-20(16)29/h3-4,7-9,11,16H,5-6,10H2,1-2H3,(H,23,28,29). The molecule has 2 aliphatic heterocycles. The quantitative estimate of drug-likeness (QED) is 0.662. The average molecular weight is 404 g/mol. The van der Waals surface area contributed by atoms with Crippen LogP contribution in [-0.4, -0.2) is 48.0 Å². The molecule has 30 heavy (non-hydrogen) atoms. The third kappa shape index (κ3) is 2.81. The van der Waals surface area contributed by atoms with Crippen molar-refractivity contribution in [3.8, 4) is 22.6 Å². The maximum absolute atomic E-state index is 12.9. The minimum Gasteiger partial charge on any atom is -0.332 e. The summed E-state index contributed by atoms with van der Waals surface area (Å²) >= 11 is 0. The Labute approximate surface area is 172 Å². The Morgan fingerprint density at radius 3 is 2.70 bits per heavy atom. The third-order valence-electron chi connectivity index (χ3n) is 5.69. The molecule has 1 fully saturated rings. The summed E-state index contributed by atoms with van der Waals surface area (Å²) in [7, 11) is 3.78. The minimum atomic E-state index is -0.620. The van der Waals surface area contributed by atoms with Gasteiger partial charge in [-0.05, 0) is 30.2 Å². The predicted octanol–water partition coefficient (Wildman–Crippen LogP) is 1.25. The molecule has 1 N–H and O–H groups in total. The van der Waals surface area contributed by atoms with E-state index in [1.54, 1.807) is 22.0 Å². The number of benzene rings is 1. The van der Waals surface area contributed by atoms with Gasteiger partial charge in [0, 0.05) is 44.4 Å². The number of aryl methyl sites for hydroxylation is 2. The summed E-state index contributed by atoms with van der Waals surface area (Å²) in [6.07, 6.45) is 4.21. The molecule has 0 bridgehead atoms. The van der Waals surface area contributed by atoms with Gasteiger partial charge in [-0.15, -0.1) is 0 Å². The molecule has 2 aromatic heterocycles. The second-order valence-corrected chi connectivity index (χ2v) is 7.70. The summed E-state index contributed by atoms with van der Waals surface area (Å²) < 4.78 is 3.66. The van der Waals surface area contributed by atoms with Gasteiger partial charge in [0.2, 0.25) is 11.8 Å². The van der Waals surface area contributed by atoms with E-state index in [1.807, 2.05) is 43.1 Å². The molecular formula is C21H20N6O3. The van der Waals surface area contributed by atoms with Crippen LogP contribution in [0.15, 0.2) is 36.8 Å². The summed E-state index contributed by atoms with van der Waals surface area (Å²) in [5.41, 5.74) is 4.80. The van der Waals surface area contributed by atoms with Crippen LogP contribution in [0.3, 0.4) is 0 Å². The number of imide groups is 1. The second kappa shape index (κ2) is 6.65. The summed E-state index contributed by atoms with van der Waals surface area (Å²) in [5.74, 6) is -0.883. The molecule has 2 aliphatic rings. The Balaban J connectivity index is 1.49. The monoisotopic (exact) mass is 404 g/mol. The molecule has 3 aromatic rings. The zero-order valence-electron chi connectivity index (χ0n) is 16.6. The fraction of sp³-hybridized carbons (Fsp3) is 0.286. The van der Waals surface area contributed by atoms with Gasteiger partial charge in [0.25, 0.3) is 5.91 Å². The number of piperidine rings is 1. The highest BCUT2D eigenvalue weighted by atomic mass is 16.2. The Morgan fingerprint density at radius 1 is 1.13 bits per heavy atom. The van der Waals surface area contributed by atoms with Gasteiger partial charge in [0.15, 0.2) is 0 Å². The number of fused-ring (bicyclic) bond motifs is 1. The highest BCUT2D eigenvalue weighted by Gasteiger charge is 2.39. The zero-order valence-corrected chi connectivity index (χ0v) is 16.6. The van der Waals surface area contributed by atoms with Crippen LogP contribution in [0.4, 0.5) is 0 Å². The van der Waals surface area contributed by atoms with Crippen LogP contribution in [0.1, 0.15) is 28.8 Å². The molecule has 0 aliphatic carbocycles. The maximum atomic E-state index is 12.9. The molecule has 1 atom stereocenters. The first-order chi connectivity index (χ1) is 14.4. The van der Waals surface area contributed by atoms with E-state index < -0.39 is 11.9 Å². The lowest BCUT2D eigenvalue weighted by atomic mass is 10.0. The Bertz CT molecular complexity index is 1210. The van der Waals surface area contributed by atoms with Crippen molar-refractivity contribution in [1.29, 1.82) is 0 Å². The average Bonchev–Trinajstić information content (AvgIpc) is 3.39. The molecule has 9 heteroatoms. The molecule has 0 saturated carbocycles. The Morgan fingerprint density at radius 2 is 1.97 bits per heavy atom. The fourth-order valence-corrected chi connectivity index (χ4v) is 4.21. The van der Waals surface area contributed by atoms with Crippen molar-refractivity contribution in [2.24, 2.45) is 14.1 Å². The van der Waals surface area contributed by atoms with Gasteiger partial charge in [-0.2, -0.15) is 5.10 Å².